The minimum absolute atomic E-state index is 0.880. The van der Waals surface area contributed by atoms with Crippen molar-refractivity contribution in [2.24, 2.45) is 0 Å². The van der Waals surface area contributed by atoms with Crippen molar-refractivity contribution in [1.29, 1.82) is 0 Å². The summed E-state index contributed by atoms with van der Waals surface area (Å²) in [6, 6.07) is 19.1. The second kappa shape index (κ2) is 5.27. The maximum atomic E-state index is 4.42. The number of pyridine rings is 1. The summed E-state index contributed by atoms with van der Waals surface area (Å²) >= 11 is 0. The topological polar surface area (TPSA) is 12.9 Å². The second-order valence-corrected chi connectivity index (χ2v) is 4.68. The monoisotopic (exact) mass is 244 g/mol. The summed E-state index contributed by atoms with van der Waals surface area (Å²) in [5, 5.41) is 2.58. The van der Waals surface area contributed by atoms with Crippen molar-refractivity contribution in [2.45, 2.75) is 13.2 Å². The van der Waals surface area contributed by atoms with E-state index in [4.69, 9.17) is 0 Å². The minimum Gasteiger partial charge on any atom is -0.301 e. The van der Waals surface area contributed by atoms with E-state index < -0.39 is 0 Å². The largest absolute Gasteiger partial charge is 0.301 e. The Morgan fingerprint density at radius 3 is 2.37 bits per heavy atom. The van der Waals surface area contributed by atoms with Crippen molar-refractivity contribution in [3.63, 3.8) is 0 Å². The zero-order chi connectivity index (χ0) is 13.1. The first-order chi connectivity index (χ1) is 9.36. The van der Waals surface area contributed by atoms with Gasteiger partial charge >= 0.3 is 0 Å². The van der Waals surface area contributed by atoms with Crippen LogP contribution in [0.3, 0.4) is 0 Å². The number of hydrogen-bond donors (Lipinski definition) is 0. The van der Waals surface area contributed by atoms with Gasteiger partial charge in [-0.1, -0.05) is 48.0 Å². The molecule has 1 nitrogen and oxygen atoms in total. The Hall–Kier alpha value is -2.09. The Morgan fingerprint density at radius 2 is 1.68 bits per heavy atom. The Labute approximate surface area is 114 Å². The predicted molar refractivity (Wildman–Crippen MR) is 82.2 cm³/mol. The molecular weight excluding hydrogens is 229 g/mol. The molecule has 3 rings (SSSR count). The lowest BCUT2D eigenvalue weighted by Crippen LogP contribution is -2.17. The molecular formula is C17H15BN-. The third kappa shape index (κ3) is 2.53. The molecule has 1 heterocycles. The quantitative estimate of drug-likeness (QED) is 0.644. The molecule has 0 saturated carbocycles. The number of benzene rings is 2. The molecule has 1 aromatic heterocycles. The van der Waals surface area contributed by atoms with E-state index in [-0.39, 0.29) is 0 Å². The third-order valence-corrected chi connectivity index (χ3v) is 3.42. The molecule has 92 valence electrons. The van der Waals surface area contributed by atoms with E-state index in [9.17, 15) is 0 Å². The highest BCUT2D eigenvalue weighted by molar-refractivity contribution is 6.53. The number of hydrogen-bond acceptors (Lipinski definition) is 1. The number of rotatable bonds is 3. The Balaban J connectivity index is 2.06. The van der Waals surface area contributed by atoms with Crippen LogP contribution in [0.25, 0.3) is 10.8 Å². The highest BCUT2D eigenvalue weighted by Crippen LogP contribution is 2.16. The molecule has 0 spiro atoms. The SMILES string of the molecule is C[B-]c1cc2ccccc2cc1Cc1ccccn1. The number of aromatic nitrogens is 1. The Morgan fingerprint density at radius 1 is 0.947 bits per heavy atom. The summed E-state index contributed by atoms with van der Waals surface area (Å²) in [5.41, 5.74) is 3.74. The van der Waals surface area contributed by atoms with Crippen molar-refractivity contribution >= 4 is 23.5 Å². The van der Waals surface area contributed by atoms with Crippen molar-refractivity contribution < 1.29 is 0 Å². The fourth-order valence-corrected chi connectivity index (χ4v) is 2.42. The Bertz CT molecular complexity index is 692. The number of nitrogens with zero attached hydrogens (tertiary/aromatic N) is 1. The minimum atomic E-state index is 0.880. The summed E-state index contributed by atoms with van der Waals surface area (Å²) in [6.45, 7) is 2.09. The van der Waals surface area contributed by atoms with E-state index in [2.05, 4.69) is 61.6 Å². The molecule has 19 heavy (non-hydrogen) atoms. The van der Waals surface area contributed by atoms with Crippen molar-refractivity contribution in [3.8, 4) is 0 Å². The fraction of sp³-hybridized carbons (Fsp3) is 0.118. The van der Waals surface area contributed by atoms with Crippen LogP contribution in [0, 0.1) is 0 Å². The van der Waals surface area contributed by atoms with Crippen LogP contribution in [0.5, 0.6) is 0 Å². The van der Waals surface area contributed by atoms with E-state index in [0.29, 0.717) is 0 Å². The summed E-state index contributed by atoms with van der Waals surface area (Å²) in [7, 11) is 2.17. The van der Waals surface area contributed by atoms with Gasteiger partial charge in [-0.15, -0.1) is 0 Å². The highest BCUT2D eigenvalue weighted by atomic mass is 14.7. The van der Waals surface area contributed by atoms with Gasteiger partial charge in [-0.25, -0.2) is 6.82 Å². The maximum Gasteiger partial charge on any atom is 0.0446 e. The van der Waals surface area contributed by atoms with Crippen LogP contribution in [0.15, 0.2) is 60.8 Å². The van der Waals surface area contributed by atoms with Gasteiger partial charge in [0.05, 0.1) is 0 Å². The standard InChI is InChI=1S/C17H15BN/c1-18-17-12-14-7-3-2-6-13(14)10-15(17)11-16-8-4-5-9-19-16/h2-10,12H,11H2,1H3/q-1. The molecule has 0 bridgehead atoms. The van der Waals surface area contributed by atoms with Gasteiger partial charge in [0.15, 0.2) is 0 Å². The molecule has 0 saturated heterocycles. The van der Waals surface area contributed by atoms with Crippen molar-refractivity contribution in [2.75, 3.05) is 0 Å². The maximum absolute atomic E-state index is 4.42. The van der Waals surface area contributed by atoms with Crippen LogP contribution in [-0.2, 0) is 6.42 Å². The van der Waals surface area contributed by atoms with E-state index in [0.717, 1.165) is 12.1 Å². The molecule has 0 N–H and O–H groups in total. The average Bonchev–Trinajstić information content (AvgIpc) is 2.47. The first-order valence-corrected chi connectivity index (χ1v) is 6.58. The molecule has 2 aromatic carbocycles. The smallest absolute Gasteiger partial charge is 0.0446 e. The van der Waals surface area contributed by atoms with Crippen LogP contribution in [0.4, 0.5) is 0 Å². The van der Waals surface area contributed by atoms with Crippen LogP contribution in [0.1, 0.15) is 11.3 Å². The van der Waals surface area contributed by atoms with Gasteiger partial charge < -0.3 is 7.28 Å². The van der Waals surface area contributed by atoms with Gasteiger partial charge in [-0.05, 0) is 22.9 Å². The van der Waals surface area contributed by atoms with Crippen LogP contribution in [-0.4, -0.2) is 12.3 Å². The zero-order valence-electron chi connectivity index (χ0n) is 11.0. The fourth-order valence-electron chi connectivity index (χ4n) is 2.42. The van der Waals surface area contributed by atoms with Crippen LogP contribution in [0.2, 0.25) is 6.82 Å². The van der Waals surface area contributed by atoms with E-state index in [1.54, 1.807) is 0 Å². The molecule has 3 aromatic rings. The van der Waals surface area contributed by atoms with Gasteiger partial charge in [0, 0.05) is 18.3 Å². The summed E-state index contributed by atoms with van der Waals surface area (Å²) in [5.74, 6) is 0. The van der Waals surface area contributed by atoms with E-state index in [1.807, 2.05) is 18.3 Å². The third-order valence-electron chi connectivity index (χ3n) is 3.42. The van der Waals surface area contributed by atoms with Crippen LogP contribution >= 0.6 is 0 Å². The van der Waals surface area contributed by atoms with E-state index >= 15 is 0 Å². The summed E-state index contributed by atoms with van der Waals surface area (Å²) < 4.78 is 0. The first kappa shape index (κ1) is 12.0. The first-order valence-electron chi connectivity index (χ1n) is 6.58. The Kier molecular flexibility index (Phi) is 3.32. The van der Waals surface area contributed by atoms with E-state index in [1.165, 1.54) is 21.8 Å². The highest BCUT2D eigenvalue weighted by Gasteiger charge is 2.00. The van der Waals surface area contributed by atoms with Gasteiger partial charge in [0.1, 0.15) is 0 Å². The van der Waals surface area contributed by atoms with Crippen molar-refractivity contribution in [3.05, 3.63) is 72.1 Å². The van der Waals surface area contributed by atoms with Gasteiger partial charge in [0.25, 0.3) is 0 Å². The number of fused-ring (bicyclic) bond motifs is 1. The molecule has 0 aliphatic heterocycles. The van der Waals surface area contributed by atoms with Crippen LogP contribution < -0.4 is 5.46 Å². The molecule has 0 amide bonds. The summed E-state index contributed by atoms with van der Waals surface area (Å²) in [4.78, 5) is 4.42. The van der Waals surface area contributed by atoms with Gasteiger partial charge in [-0.3, -0.25) is 10.4 Å². The van der Waals surface area contributed by atoms with Gasteiger partial charge in [0.2, 0.25) is 0 Å². The van der Waals surface area contributed by atoms with Gasteiger partial charge in [-0.2, -0.15) is 0 Å². The molecule has 0 aliphatic rings. The molecule has 2 radical (unpaired) electrons. The predicted octanol–water partition coefficient (Wildman–Crippen LogP) is 3.20. The zero-order valence-corrected chi connectivity index (χ0v) is 11.0. The van der Waals surface area contributed by atoms with Crippen molar-refractivity contribution in [1.82, 2.24) is 4.98 Å². The lowest BCUT2D eigenvalue weighted by atomic mass is 9.69. The molecule has 0 unspecified atom stereocenters. The molecule has 0 fully saturated rings. The second-order valence-electron chi connectivity index (χ2n) is 4.68. The average molecular weight is 244 g/mol. The molecule has 0 aliphatic carbocycles. The molecule has 0 atom stereocenters. The molecule has 2 heteroatoms. The normalized spacial score (nSPS) is 10.8. The lowest BCUT2D eigenvalue weighted by Gasteiger charge is -2.18. The summed E-state index contributed by atoms with van der Waals surface area (Å²) in [6.07, 6.45) is 2.73. The lowest BCUT2D eigenvalue weighted by molar-refractivity contribution is 1.08.